The summed E-state index contributed by atoms with van der Waals surface area (Å²) >= 11 is 3.27. The number of hydrogen-bond acceptors (Lipinski definition) is 19. The van der Waals surface area contributed by atoms with Crippen molar-refractivity contribution in [2.24, 2.45) is 0 Å². The number of pyridine rings is 4. The Hall–Kier alpha value is -11.3. The number of nitrogens with zero attached hydrogens (tertiary/aromatic N) is 12. The Morgan fingerprint density at radius 1 is 0.351 bits per heavy atom. The molecule has 0 atom stereocenters. The van der Waals surface area contributed by atoms with E-state index in [2.05, 4.69) is 117 Å². The molecule has 10 heterocycles. The van der Waals surface area contributed by atoms with Crippen LogP contribution in [0, 0.1) is 48.5 Å². The molecule has 0 amide bonds. The van der Waals surface area contributed by atoms with Crippen molar-refractivity contribution >= 4 is 66.3 Å². The minimum atomic E-state index is 0. The topological polar surface area (TPSA) is 216 Å². The van der Waals surface area contributed by atoms with Crippen LogP contribution < -0.4 is 4.74 Å². The van der Waals surface area contributed by atoms with Gasteiger partial charge in [-0.2, -0.15) is 19.9 Å². The quantitative estimate of drug-likeness (QED) is 0.124. The lowest BCUT2D eigenvalue weighted by Crippen LogP contribution is -2.05. The molecule has 466 valence electrons. The average Bonchev–Trinajstić information content (AvgIpc) is 1.50. The number of benzene rings is 6. The number of thiophene rings is 2. The molecule has 0 spiro atoms. The van der Waals surface area contributed by atoms with Crippen LogP contribution >= 0.6 is 22.7 Å². The highest BCUT2D eigenvalue weighted by atomic mass is 32.1. The smallest absolute Gasteiger partial charge is 0.260 e. The Labute approximate surface area is 550 Å². The first-order valence-corrected chi connectivity index (χ1v) is 31.7. The predicted molar refractivity (Wildman–Crippen MR) is 373 cm³/mol. The third-order valence-corrected chi connectivity index (χ3v) is 16.8. The van der Waals surface area contributed by atoms with Gasteiger partial charge in [0.1, 0.15) is 5.75 Å². The fraction of sp³-hybridized carbons (Fsp3) is 0.147. The third kappa shape index (κ3) is 14.1. The summed E-state index contributed by atoms with van der Waals surface area (Å²) in [5.41, 5.74) is 15.0. The maximum atomic E-state index is 5.67. The molecular formula is C75H64N12O5S2. The van der Waals surface area contributed by atoms with Gasteiger partial charge >= 0.3 is 0 Å². The van der Waals surface area contributed by atoms with Gasteiger partial charge in [0.05, 0.1) is 60.2 Å². The lowest BCUT2D eigenvalue weighted by Gasteiger charge is -2.09. The number of aryl methyl sites for hydroxylation is 7. The number of ether oxygens (including phenoxy) is 1. The lowest BCUT2D eigenvalue weighted by atomic mass is 10.1. The first-order valence-electron chi connectivity index (χ1n) is 30.0. The molecule has 17 nitrogen and oxygen atoms in total. The van der Waals surface area contributed by atoms with E-state index in [1.165, 1.54) is 16.0 Å². The highest BCUT2D eigenvalue weighted by molar-refractivity contribution is 7.15. The summed E-state index contributed by atoms with van der Waals surface area (Å²) in [5, 5.41) is 22.7. The van der Waals surface area contributed by atoms with Crippen molar-refractivity contribution in [3.05, 3.63) is 232 Å². The number of rotatable bonds is 10. The van der Waals surface area contributed by atoms with Gasteiger partial charge in [-0.15, -0.1) is 22.7 Å². The van der Waals surface area contributed by atoms with Crippen molar-refractivity contribution in [2.75, 3.05) is 0 Å². The van der Waals surface area contributed by atoms with E-state index < -0.39 is 0 Å². The molecule has 94 heavy (non-hydrogen) atoms. The Kier molecular flexibility index (Phi) is 18.5. The number of aromatic nitrogens is 12. The van der Waals surface area contributed by atoms with Gasteiger partial charge < -0.3 is 22.8 Å². The van der Waals surface area contributed by atoms with Crippen molar-refractivity contribution in [3.8, 4) is 95.7 Å². The van der Waals surface area contributed by atoms with Gasteiger partial charge in [-0.3, -0.25) is 19.9 Å². The SMILES string of the molecule is C.Cc1ccc(-c2noc(-c3cccc4ccc(C)nc34)n2)cc1.Cc1ccc2cccc(-c3nc(-c4ccc(C)s4)no3)c2n1.Cc1ccc2cccc(-c3nc(-c4ccc(OC(C)C)cc4)no3)c2n1.Cc1csc(-c2noc(-c3cccc4ccc(C)nc34)n2)c1. The van der Waals surface area contributed by atoms with E-state index in [0.717, 1.165) is 115 Å². The molecule has 0 bridgehead atoms. The average molecular weight is 1280 g/mol. The highest BCUT2D eigenvalue weighted by Crippen LogP contribution is 2.35. The van der Waals surface area contributed by atoms with Crippen LogP contribution in [0.4, 0.5) is 0 Å². The summed E-state index contributed by atoms with van der Waals surface area (Å²) in [7, 11) is 0. The van der Waals surface area contributed by atoms with Crippen LogP contribution in [0.1, 0.15) is 60.1 Å². The van der Waals surface area contributed by atoms with E-state index in [9.17, 15) is 0 Å². The Balaban J connectivity index is 0.000000120. The third-order valence-electron chi connectivity index (χ3n) is 14.8. The van der Waals surface area contributed by atoms with Gasteiger partial charge in [0.25, 0.3) is 23.6 Å². The van der Waals surface area contributed by atoms with Crippen molar-refractivity contribution < 1.29 is 22.8 Å². The molecule has 0 aliphatic heterocycles. The van der Waals surface area contributed by atoms with E-state index in [1.807, 2.05) is 199 Å². The molecule has 0 fully saturated rings. The van der Waals surface area contributed by atoms with E-state index in [4.69, 9.17) is 22.8 Å². The van der Waals surface area contributed by atoms with Gasteiger partial charge in [0, 0.05) is 60.3 Å². The maximum Gasteiger partial charge on any atom is 0.260 e. The van der Waals surface area contributed by atoms with Gasteiger partial charge in [-0.1, -0.05) is 131 Å². The van der Waals surface area contributed by atoms with Crippen LogP contribution in [0.5, 0.6) is 5.75 Å². The monoisotopic (exact) mass is 1280 g/mol. The molecule has 0 aliphatic rings. The Bertz CT molecular complexity index is 5140. The van der Waals surface area contributed by atoms with Gasteiger partial charge in [-0.05, 0) is 164 Å². The summed E-state index contributed by atoms with van der Waals surface area (Å²) in [6.45, 7) is 18.1. The molecule has 0 unspecified atom stereocenters. The fourth-order valence-corrected chi connectivity index (χ4v) is 11.8. The molecule has 6 aromatic carbocycles. The number of fused-ring (bicyclic) bond motifs is 4. The standard InChI is InChI=1S/C21H19N3O2.C19H15N3O.2C17H13N3OS.CH4/c1-13(2)25-17-11-9-16(10-12-17)20-23-21(26-24-20)18-6-4-5-15-8-7-14(3)22-19(15)18;1-12-6-9-15(10-7-12)18-21-19(23-22-18)16-5-3-4-14-11-8-13(2)20-17(14)16;1-10-6-8-12-4-3-5-13(15(12)18-10)17-19-16(20-21-17)14-9-7-11(2)22-14;1-10-8-14(22-9-10)16-19-17(21-20-16)13-5-3-4-12-7-6-11(2)18-15(12)13;/h4-13H,1-3H3;3-11H,1-2H3;2*3-9H,1-2H3;1H4. The van der Waals surface area contributed by atoms with Crippen molar-refractivity contribution in [1.29, 1.82) is 0 Å². The van der Waals surface area contributed by atoms with E-state index in [0.29, 0.717) is 46.9 Å². The van der Waals surface area contributed by atoms with Crippen LogP contribution in [-0.2, 0) is 0 Å². The molecule has 16 aromatic rings. The molecule has 0 N–H and O–H groups in total. The molecule has 0 saturated carbocycles. The molecule has 0 radical (unpaired) electrons. The fourth-order valence-electron chi connectivity index (χ4n) is 10.2. The minimum absolute atomic E-state index is 0. The Morgan fingerprint density at radius 2 is 0.713 bits per heavy atom. The zero-order chi connectivity index (χ0) is 64.1. The van der Waals surface area contributed by atoms with Crippen LogP contribution in [-0.4, -0.2) is 66.6 Å². The number of hydrogen-bond donors (Lipinski definition) is 0. The van der Waals surface area contributed by atoms with Gasteiger partial charge in [0.2, 0.25) is 23.3 Å². The van der Waals surface area contributed by atoms with Gasteiger partial charge in [-0.25, -0.2) is 0 Å². The van der Waals surface area contributed by atoms with Crippen LogP contribution in [0.25, 0.3) is 134 Å². The second kappa shape index (κ2) is 27.7. The summed E-state index contributed by atoms with van der Waals surface area (Å²) in [6, 6.07) is 61.9. The predicted octanol–water partition coefficient (Wildman–Crippen LogP) is 19.5. The summed E-state index contributed by atoms with van der Waals surface area (Å²) < 4.78 is 27.6. The van der Waals surface area contributed by atoms with Crippen LogP contribution in [0.2, 0.25) is 0 Å². The molecule has 0 aliphatic carbocycles. The molecule has 16 rings (SSSR count). The second-order valence-corrected chi connectivity index (χ2v) is 24.7. The number of para-hydroxylation sites is 4. The summed E-state index contributed by atoms with van der Waals surface area (Å²) in [5.74, 6) is 5.16. The maximum absolute atomic E-state index is 5.67. The van der Waals surface area contributed by atoms with Crippen LogP contribution in [0.15, 0.2) is 212 Å². The van der Waals surface area contributed by atoms with Gasteiger partial charge in [0.15, 0.2) is 0 Å². The zero-order valence-corrected chi connectivity index (χ0v) is 53.9. The van der Waals surface area contributed by atoms with E-state index >= 15 is 0 Å². The molecule has 19 heteroatoms. The molecule has 10 aromatic heterocycles. The molecule has 0 saturated heterocycles. The summed E-state index contributed by atoms with van der Waals surface area (Å²) in [4.78, 5) is 39.9. The second-order valence-electron chi connectivity index (χ2n) is 22.5. The largest absolute Gasteiger partial charge is 0.491 e. The first kappa shape index (κ1) is 62.9. The molecular weight excluding hydrogens is 1210 g/mol. The van der Waals surface area contributed by atoms with Crippen molar-refractivity contribution in [1.82, 2.24) is 60.5 Å². The first-order chi connectivity index (χ1) is 45.2. The normalized spacial score (nSPS) is 11.0. The highest BCUT2D eigenvalue weighted by Gasteiger charge is 2.20. The van der Waals surface area contributed by atoms with Crippen molar-refractivity contribution in [2.45, 2.75) is 75.8 Å². The zero-order valence-electron chi connectivity index (χ0n) is 52.3. The van der Waals surface area contributed by atoms with E-state index in [-0.39, 0.29) is 13.5 Å². The van der Waals surface area contributed by atoms with Crippen molar-refractivity contribution in [3.63, 3.8) is 0 Å². The minimum Gasteiger partial charge on any atom is -0.491 e. The lowest BCUT2D eigenvalue weighted by molar-refractivity contribution is 0.242. The Morgan fingerprint density at radius 3 is 1.06 bits per heavy atom. The van der Waals surface area contributed by atoms with Crippen LogP contribution in [0.3, 0.4) is 0 Å². The van der Waals surface area contributed by atoms with E-state index in [1.54, 1.807) is 22.7 Å². The summed E-state index contributed by atoms with van der Waals surface area (Å²) in [6.07, 6.45) is 0.139.